The molecule has 35 heavy (non-hydrogen) atoms. The molecule has 0 radical (unpaired) electrons. The number of hydrogen-bond donors (Lipinski definition) is 0. The van der Waals surface area contributed by atoms with Gasteiger partial charge in [0.2, 0.25) is 5.91 Å². The molecule has 2 unspecified atom stereocenters. The van der Waals surface area contributed by atoms with Crippen LogP contribution in [-0.2, 0) is 11.3 Å². The van der Waals surface area contributed by atoms with Gasteiger partial charge in [-0.05, 0) is 61.6 Å². The molecule has 2 aromatic heterocycles. The van der Waals surface area contributed by atoms with Gasteiger partial charge in [0.25, 0.3) is 0 Å². The molecule has 1 aliphatic carbocycles. The molecule has 184 valence electrons. The van der Waals surface area contributed by atoms with E-state index in [1.54, 1.807) is 25.3 Å². The van der Waals surface area contributed by atoms with Gasteiger partial charge >= 0.3 is 0 Å². The van der Waals surface area contributed by atoms with Crippen LogP contribution in [0.4, 0.5) is 10.2 Å². The number of rotatable bonds is 5. The van der Waals surface area contributed by atoms with Crippen molar-refractivity contribution in [2.24, 2.45) is 5.92 Å². The lowest BCUT2D eigenvalue weighted by Crippen LogP contribution is -2.50. The molecule has 3 heterocycles. The SMILES string of the molecule is Cc1cc(-c2nc(C3CCCC(C)C3)n(CC(=O)N3CCN(c4ccccn4)CC3)n2)ccc1F. The number of piperazine rings is 1. The standard InChI is InChI=1S/C27H33FN6O/c1-19-6-5-7-22(16-19)27-30-26(21-9-10-23(28)20(2)17-21)31-34(27)18-25(35)33-14-12-32(13-15-33)24-8-3-4-11-29-24/h3-4,8-11,17,19,22H,5-7,12-16,18H2,1-2H3. The molecule has 5 rings (SSSR count). The number of aromatic nitrogens is 4. The summed E-state index contributed by atoms with van der Waals surface area (Å²) in [4.78, 5) is 26.8. The largest absolute Gasteiger partial charge is 0.353 e. The Morgan fingerprint density at radius 1 is 1.11 bits per heavy atom. The third-order valence-corrected chi connectivity index (χ3v) is 7.31. The van der Waals surface area contributed by atoms with Crippen LogP contribution in [0.5, 0.6) is 0 Å². The Morgan fingerprint density at radius 2 is 1.94 bits per heavy atom. The summed E-state index contributed by atoms with van der Waals surface area (Å²) >= 11 is 0. The van der Waals surface area contributed by atoms with Gasteiger partial charge in [0.05, 0.1) is 0 Å². The van der Waals surface area contributed by atoms with Crippen molar-refractivity contribution in [2.75, 3.05) is 31.1 Å². The van der Waals surface area contributed by atoms with E-state index in [4.69, 9.17) is 10.1 Å². The fourth-order valence-corrected chi connectivity index (χ4v) is 5.30. The molecule has 3 aromatic rings. The highest BCUT2D eigenvalue weighted by Gasteiger charge is 2.28. The van der Waals surface area contributed by atoms with Crippen molar-refractivity contribution in [1.29, 1.82) is 0 Å². The molecule has 1 saturated carbocycles. The Morgan fingerprint density at radius 3 is 2.66 bits per heavy atom. The Balaban J connectivity index is 1.34. The Labute approximate surface area is 206 Å². The number of nitrogens with zero attached hydrogens (tertiary/aromatic N) is 6. The molecule has 1 amide bonds. The first-order chi connectivity index (χ1) is 17.0. The van der Waals surface area contributed by atoms with E-state index in [-0.39, 0.29) is 24.2 Å². The molecule has 1 aliphatic heterocycles. The number of carbonyl (C=O) groups is 1. The average molecular weight is 477 g/mol. The van der Waals surface area contributed by atoms with Crippen molar-refractivity contribution in [3.63, 3.8) is 0 Å². The highest BCUT2D eigenvalue weighted by atomic mass is 19.1. The average Bonchev–Trinajstić information content (AvgIpc) is 3.30. The van der Waals surface area contributed by atoms with Crippen LogP contribution < -0.4 is 4.90 Å². The van der Waals surface area contributed by atoms with Crippen LogP contribution in [0, 0.1) is 18.7 Å². The Kier molecular flexibility index (Phi) is 6.79. The number of hydrogen-bond acceptors (Lipinski definition) is 5. The van der Waals surface area contributed by atoms with E-state index in [0.29, 0.717) is 30.4 Å². The maximum atomic E-state index is 13.8. The van der Waals surface area contributed by atoms with Crippen LogP contribution >= 0.6 is 0 Å². The summed E-state index contributed by atoms with van der Waals surface area (Å²) in [5.74, 6) is 3.13. The fourth-order valence-electron chi connectivity index (χ4n) is 5.30. The van der Waals surface area contributed by atoms with Gasteiger partial charge in [0.15, 0.2) is 5.82 Å². The van der Waals surface area contributed by atoms with E-state index in [2.05, 4.69) is 16.8 Å². The van der Waals surface area contributed by atoms with Crippen molar-refractivity contribution < 1.29 is 9.18 Å². The highest BCUT2D eigenvalue weighted by Crippen LogP contribution is 2.36. The lowest BCUT2D eigenvalue weighted by Gasteiger charge is -2.35. The van der Waals surface area contributed by atoms with Gasteiger partial charge in [-0.2, -0.15) is 5.10 Å². The van der Waals surface area contributed by atoms with E-state index in [0.717, 1.165) is 49.6 Å². The molecule has 0 bridgehead atoms. The van der Waals surface area contributed by atoms with Crippen LogP contribution in [0.15, 0.2) is 42.6 Å². The lowest BCUT2D eigenvalue weighted by atomic mass is 9.82. The van der Waals surface area contributed by atoms with E-state index < -0.39 is 0 Å². The minimum absolute atomic E-state index is 0.0579. The third-order valence-electron chi connectivity index (χ3n) is 7.31. The fraction of sp³-hybridized carbons (Fsp3) is 0.481. The first-order valence-electron chi connectivity index (χ1n) is 12.6. The number of aryl methyl sites for hydroxylation is 1. The smallest absolute Gasteiger partial charge is 0.244 e. The topological polar surface area (TPSA) is 67.2 Å². The molecule has 2 fully saturated rings. The number of halogens is 1. The predicted octanol–water partition coefficient (Wildman–Crippen LogP) is 4.43. The van der Waals surface area contributed by atoms with Crippen LogP contribution in [0.1, 0.15) is 49.9 Å². The number of amides is 1. The van der Waals surface area contributed by atoms with Crippen molar-refractivity contribution in [3.8, 4) is 11.4 Å². The normalized spacial score (nSPS) is 20.8. The zero-order valence-electron chi connectivity index (χ0n) is 20.5. The highest BCUT2D eigenvalue weighted by molar-refractivity contribution is 5.76. The number of anilines is 1. The molecular formula is C27H33FN6O. The number of pyridine rings is 1. The van der Waals surface area contributed by atoms with Crippen molar-refractivity contribution in [1.82, 2.24) is 24.6 Å². The second-order valence-corrected chi connectivity index (χ2v) is 9.94. The molecule has 2 atom stereocenters. The number of carbonyl (C=O) groups excluding carboxylic acids is 1. The molecule has 7 nitrogen and oxygen atoms in total. The maximum absolute atomic E-state index is 13.8. The second kappa shape index (κ2) is 10.1. The molecule has 2 aliphatic rings. The minimum atomic E-state index is -0.241. The Bertz CT molecular complexity index is 1170. The quantitative estimate of drug-likeness (QED) is 0.545. The van der Waals surface area contributed by atoms with E-state index in [1.165, 1.54) is 12.5 Å². The van der Waals surface area contributed by atoms with Crippen molar-refractivity contribution in [3.05, 3.63) is 59.8 Å². The lowest BCUT2D eigenvalue weighted by molar-refractivity contribution is -0.132. The molecule has 1 saturated heterocycles. The van der Waals surface area contributed by atoms with Crippen molar-refractivity contribution in [2.45, 2.75) is 52.0 Å². The summed E-state index contributed by atoms with van der Waals surface area (Å²) in [6.07, 6.45) is 6.30. The summed E-state index contributed by atoms with van der Waals surface area (Å²) in [6.45, 7) is 7.03. The summed E-state index contributed by atoms with van der Waals surface area (Å²) < 4.78 is 15.7. The van der Waals surface area contributed by atoms with Gasteiger partial charge in [-0.1, -0.05) is 25.8 Å². The van der Waals surface area contributed by atoms with Crippen molar-refractivity contribution >= 4 is 11.7 Å². The van der Waals surface area contributed by atoms with Gasteiger partial charge < -0.3 is 9.80 Å². The first kappa shape index (κ1) is 23.5. The molecule has 0 N–H and O–H groups in total. The van der Waals surface area contributed by atoms with E-state index in [1.807, 2.05) is 27.8 Å². The summed E-state index contributed by atoms with van der Waals surface area (Å²) in [7, 11) is 0. The predicted molar refractivity (Wildman–Crippen MR) is 134 cm³/mol. The van der Waals surface area contributed by atoms with Gasteiger partial charge in [-0.3, -0.25) is 4.79 Å². The molecule has 1 aromatic carbocycles. The summed E-state index contributed by atoms with van der Waals surface area (Å²) in [5.41, 5.74) is 1.35. The molecular weight excluding hydrogens is 443 g/mol. The zero-order chi connectivity index (χ0) is 24.4. The van der Waals surface area contributed by atoms with E-state index >= 15 is 0 Å². The first-order valence-corrected chi connectivity index (χ1v) is 12.6. The maximum Gasteiger partial charge on any atom is 0.244 e. The zero-order valence-corrected chi connectivity index (χ0v) is 20.5. The van der Waals surface area contributed by atoms with Gasteiger partial charge in [-0.15, -0.1) is 0 Å². The van der Waals surface area contributed by atoms with E-state index in [9.17, 15) is 9.18 Å². The second-order valence-electron chi connectivity index (χ2n) is 9.94. The monoisotopic (exact) mass is 476 g/mol. The van der Waals surface area contributed by atoms with Crippen LogP contribution in [0.25, 0.3) is 11.4 Å². The van der Waals surface area contributed by atoms with Crippen LogP contribution in [0.2, 0.25) is 0 Å². The molecule has 0 spiro atoms. The summed E-state index contributed by atoms with van der Waals surface area (Å²) in [6, 6.07) is 10.9. The Hall–Kier alpha value is -3.29. The van der Waals surface area contributed by atoms with Gasteiger partial charge in [-0.25, -0.2) is 19.0 Å². The summed E-state index contributed by atoms with van der Waals surface area (Å²) in [5, 5.41) is 4.76. The molecule has 8 heteroatoms. The third kappa shape index (κ3) is 5.21. The van der Waals surface area contributed by atoms with Crippen LogP contribution in [-0.4, -0.2) is 56.7 Å². The van der Waals surface area contributed by atoms with Crippen LogP contribution in [0.3, 0.4) is 0 Å². The van der Waals surface area contributed by atoms with Gasteiger partial charge in [0, 0.05) is 43.9 Å². The number of benzene rings is 1. The minimum Gasteiger partial charge on any atom is -0.353 e. The van der Waals surface area contributed by atoms with Gasteiger partial charge in [0.1, 0.15) is 24.0 Å².